The van der Waals surface area contributed by atoms with Crippen molar-refractivity contribution in [2.24, 2.45) is 0 Å². The minimum Gasteiger partial charge on any atom is -0.459 e. The smallest absolute Gasteiger partial charge is 0.385 e. The summed E-state index contributed by atoms with van der Waals surface area (Å²) in [6, 6.07) is 0. The highest BCUT2D eigenvalue weighted by Crippen LogP contribution is 1.65. The molecule has 0 aliphatic heterocycles. The fourth-order valence-corrected chi connectivity index (χ4v) is 0.261. The predicted molar refractivity (Wildman–Crippen MR) is 41.4 cm³/mol. The number of aldehydes is 1. The van der Waals surface area contributed by atoms with Gasteiger partial charge in [-0.2, -0.15) is 0 Å². The Labute approximate surface area is 70.1 Å². The molecule has 0 aromatic carbocycles. The molecule has 0 atom stereocenters. The minimum atomic E-state index is -0.660. The van der Waals surface area contributed by atoms with Gasteiger partial charge < -0.3 is 4.74 Å². The van der Waals surface area contributed by atoms with E-state index in [0.29, 0.717) is 6.29 Å². The molecule has 0 fully saturated rings. The molecule has 12 heavy (non-hydrogen) atoms. The molecule has 0 bridgehead atoms. The minimum absolute atomic E-state index is 0.419. The van der Waals surface area contributed by atoms with Crippen LogP contribution in [0.2, 0.25) is 0 Å². The first kappa shape index (κ1) is 9.82. The summed E-state index contributed by atoms with van der Waals surface area (Å²) in [6.07, 6.45) is 0.419. The molecule has 0 amide bonds. The second-order valence-electron chi connectivity index (χ2n) is 1.38. The monoisotopic (exact) mass is 160 g/mol. The summed E-state index contributed by atoms with van der Waals surface area (Å²) in [5.41, 5.74) is 0. The highest BCUT2D eigenvalue weighted by molar-refractivity contribution is 5.89. The van der Waals surface area contributed by atoms with E-state index in [9.17, 15) is 9.59 Å². The summed E-state index contributed by atoms with van der Waals surface area (Å²) in [5, 5.41) is 0. The Morgan fingerprint density at radius 1 is 1.25 bits per heavy atom. The van der Waals surface area contributed by atoms with Gasteiger partial charge in [0.05, 0.1) is 7.11 Å². The van der Waals surface area contributed by atoms with Gasteiger partial charge >= 0.3 is 5.97 Å². The summed E-state index contributed by atoms with van der Waals surface area (Å²) in [6.45, 7) is 0. The van der Waals surface area contributed by atoms with E-state index in [0.717, 1.165) is 0 Å². The fourth-order valence-electron chi connectivity index (χ4n) is 0.261. The lowest BCUT2D eigenvalue weighted by atomic mass is 10.5. The summed E-state index contributed by atoms with van der Waals surface area (Å²) in [7, 11) is 1.22. The molecule has 0 unspecified atom stereocenters. The second-order valence-corrected chi connectivity index (χ2v) is 1.38. The average Bonchev–Trinajstić information content (AvgIpc) is 2.10. The van der Waals surface area contributed by atoms with Gasteiger partial charge in [-0.15, -0.1) is 0 Å². The van der Waals surface area contributed by atoms with Crippen LogP contribution in [0.5, 0.6) is 0 Å². The van der Waals surface area contributed by atoms with Gasteiger partial charge in [0.15, 0.2) is 6.29 Å². The van der Waals surface area contributed by atoms with Gasteiger partial charge in [-0.3, -0.25) is 4.79 Å². The molecular formula is C9H4O3. The molecule has 0 aromatic heterocycles. The Kier molecular flexibility index (Phi) is 5.67. The predicted octanol–water partition coefficient (Wildman–Crippen LogP) is -0.631. The number of carbonyl (C=O) groups is 2. The standard InChI is InChI=1S/C9H4O3/c1-12-9(11)7-5-3-2-4-6-8-10/h8H,1H3. The van der Waals surface area contributed by atoms with Gasteiger partial charge in [0.2, 0.25) is 0 Å². The Hall–Kier alpha value is -2.18. The van der Waals surface area contributed by atoms with Gasteiger partial charge in [0.25, 0.3) is 0 Å². The molecule has 0 spiro atoms. The van der Waals surface area contributed by atoms with E-state index in [4.69, 9.17) is 0 Å². The number of esters is 1. The van der Waals surface area contributed by atoms with Crippen LogP contribution in [0.4, 0.5) is 0 Å². The number of ether oxygens (including phenoxy) is 1. The van der Waals surface area contributed by atoms with Gasteiger partial charge in [0.1, 0.15) is 0 Å². The number of carbonyl (C=O) groups excluding carboxylic acids is 2. The Balaban J connectivity index is 4.06. The van der Waals surface area contributed by atoms with Gasteiger partial charge in [-0.05, 0) is 29.6 Å². The average molecular weight is 160 g/mol. The molecule has 3 nitrogen and oxygen atoms in total. The molecule has 3 heteroatoms. The van der Waals surface area contributed by atoms with E-state index >= 15 is 0 Å². The van der Waals surface area contributed by atoms with E-state index < -0.39 is 5.97 Å². The van der Waals surface area contributed by atoms with Crippen molar-refractivity contribution in [3.05, 3.63) is 0 Å². The van der Waals surface area contributed by atoms with Crippen LogP contribution in [0.25, 0.3) is 0 Å². The molecule has 0 aromatic rings. The molecule has 0 heterocycles. The Bertz CT molecular complexity index is 346. The van der Waals surface area contributed by atoms with Crippen molar-refractivity contribution in [2.75, 3.05) is 7.11 Å². The molecule has 0 saturated carbocycles. The van der Waals surface area contributed by atoms with Crippen molar-refractivity contribution >= 4 is 12.3 Å². The van der Waals surface area contributed by atoms with Crippen molar-refractivity contribution in [3.8, 4) is 35.5 Å². The van der Waals surface area contributed by atoms with Crippen LogP contribution in [-0.4, -0.2) is 19.4 Å². The maximum atomic E-state index is 10.3. The lowest BCUT2D eigenvalue weighted by Gasteiger charge is -1.80. The zero-order valence-corrected chi connectivity index (χ0v) is 6.30. The highest BCUT2D eigenvalue weighted by Gasteiger charge is 1.85. The van der Waals surface area contributed by atoms with Crippen LogP contribution in [0.1, 0.15) is 0 Å². The summed E-state index contributed by atoms with van der Waals surface area (Å²) in [4.78, 5) is 20.0. The molecule has 0 aliphatic rings. The molecule has 0 N–H and O–H groups in total. The van der Waals surface area contributed by atoms with Crippen LogP contribution in [0.3, 0.4) is 0 Å². The summed E-state index contributed by atoms with van der Waals surface area (Å²) >= 11 is 0. The van der Waals surface area contributed by atoms with Crippen molar-refractivity contribution in [2.45, 2.75) is 0 Å². The lowest BCUT2D eigenvalue weighted by molar-refractivity contribution is -0.133. The van der Waals surface area contributed by atoms with Crippen LogP contribution in [-0.2, 0) is 14.3 Å². The lowest BCUT2D eigenvalue weighted by Crippen LogP contribution is -1.93. The molecule has 0 rings (SSSR count). The zero-order valence-electron chi connectivity index (χ0n) is 6.30. The quantitative estimate of drug-likeness (QED) is 0.205. The Morgan fingerprint density at radius 3 is 2.50 bits per heavy atom. The van der Waals surface area contributed by atoms with E-state index in [1.807, 2.05) is 0 Å². The van der Waals surface area contributed by atoms with Crippen molar-refractivity contribution in [1.82, 2.24) is 0 Å². The molecule has 0 radical (unpaired) electrons. The van der Waals surface area contributed by atoms with E-state index in [-0.39, 0.29) is 0 Å². The Morgan fingerprint density at radius 2 is 1.92 bits per heavy atom. The third kappa shape index (κ3) is 5.95. The fraction of sp³-hybridized carbons (Fsp3) is 0.111. The normalized spacial score (nSPS) is 5.42. The highest BCUT2D eigenvalue weighted by atomic mass is 16.5. The summed E-state index contributed by atoms with van der Waals surface area (Å²) in [5.74, 6) is 12.3. The SMILES string of the molecule is COC(=O)C#CC#CC#CC=O. The number of hydrogen-bond acceptors (Lipinski definition) is 3. The molecular weight excluding hydrogens is 156 g/mol. The third-order valence-corrected chi connectivity index (χ3v) is 0.669. The number of methoxy groups -OCH3 is 1. The largest absolute Gasteiger partial charge is 0.459 e. The topological polar surface area (TPSA) is 43.4 Å². The van der Waals surface area contributed by atoms with Crippen molar-refractivity contribution < 1.29 is 14.3 Å². The second kappa shape index (κ2) is 6.93. The zero-order chi connectivity index (χ0) is 9.23. The van der Waals surface area contributed by atoms with Gasteiger partial charge in [0, 0.05) is 5.92 Å². The third-order valence-electron chi connectivity index (χ3n) is 0.669. The van der Waals surface area contributed by atoms with Crippen LogP contribution in [0, 0.1) is 35.5 Å². The molecule has 0 saturated heterocycles. The maximum absolute atomic E-state index is 10.3. The van der Waals surface area contributed by atoms with Crippen LogP contribution < -0.4 is 0 Å². The molecule has 58 valence electrons. The van der Waals surface area contributed by atoms with E-state index in [1.54, 1.807) is 0 Å². The van der Waals surface area contributed by atoms with Crippen molar-refractivity contribution in [1.29, 1.82) is 0 Å². The van der Waals surface area contributed by atoms with Gasteiger partial charge in [-0.25, -0.2) is 4.79 Å². The van der Waals surface area contributed by atoms with Gasteiger partial charge in [-0.1, -0.05) is 0 Å². The summed E-state index contributed by atoms with van der Waals surface area (Å²) < 4.78 is 4.21. The van der Waals surface area contributed by atoms with Crippen molar-refractivity contribution in [3.63, 3.8) is 0 Å². The maximum Gasteiger partial charge on any atom is 0.385 e. The van der Waals surface area contributed by atoms with E-state index in [2.05, 4.69) is 40.3 Å². The van der Waals surface area contributed by atoms with Crippen LogP contribution in [0.15, 0.2) is 0 Å². The first-order valence-corrected chi connectivity index (χ1v) is 2.84. The van der Waals surface area contributed by atoms with E-state index in [1.165, 1.54) is 7.11 Å². The van der Waals surface area contributed by atoms with Crippen LogP contribution >= 0.6 is 0 Å². The first-order valence-electron chi connectivity index (χ1n) is 2.84. The first-order chi connectivity index (χ1) is 5.81. The number of hydrogen-bond donors (Lipinski definition) is 0. The molecule has 0 aliphatic carbocycles. The number of rotatable bonds is 0.